The minimum Gasteiger partial charge on any atom is -0.386 e. The largest absolute Gasteiger partial charge is 0.386 e. The second-order valence-corrected chi connectivity index (χ2v) is 6.68. The summed E-state index contributed by atoms with van der Waals surface area (Å²) in [6, 6.07) is 10.9. The van der Waals surface area contributed by atoms with Gasteiger partial charge in [-0.1, -0.05) is 12.1 Å². The molecule has 1 aromatic carbocycles. The van der Waals surface area contributed by atoms with Crippen LogP contribution >= 0.6 is 28.3 Å². The van der Waals surface area contributed by atoms with Gasteiger partial charge in [0.05, 0.1) is 6.61 Å². The Morgan fingerprint density at radius 2 is 2.16 bits per heavy atom. The molecule has 0 unspecified atom stereocenters. The van der Waals surface area contributed by atoms with Gasteiger partial charge in [-0.15, -0.1) is 12.4 Å². The zero-order valence-corrected chi connectivity index (χ0v) is 15.9. The van der Waals surface area contributed by atoms with Crippen LogP contribution < -0.4 is 11.1 Å². The Labute approximate surface area is 160 Å². The number of hydrogen-bond acceptors (Lipinski definition) is 5. The molecule has 0 bridgehead atoms. The Morgan fingerprint density at radius 1 is 1.36 bits per heavy atom. The molecule has 2 aromatic rings. The van der Waals surface area contributed by atoms with Crippen LogP contribution in [0.3, 0.4) is 0 Å². The van der Waals surface area contributed by atoms with E-state index in [9.17, 15) is 4.79 Å². The SMILES string of the molecule is C[C@]1(c2cccc(NC(=O)c3ccc(Br)cn3)c2)COCC(N)=N1.Cl. The number of ether oxygens (including phenoxy) is 1. The third-order valence-corrected chi connectivity index (χ3v) is 4.19. The molecule has 8 heteroatoms. The zero-order chi connectivity index (χ0) is 17.2. The molecule has 0 fully saturated rings. The number of halogens is 2. The van der Waals surface area contributed by atoms with Crippen LogP contribution in [0.2, 0.25) is 0 Å². The Morgan fingerprint density at radius 3 is 2.84 bits per heavy atom. The Kier molecular flexibility index (Phi) is 6.16. The quantitative estimate of drug-likeness (QED) is 0.790. The van der Waals surface area contributed by atoms with Gasteiger partial charge in [-0.25, -0.2) is 4.98 Å². The van der Waals surface area contributed by atoms with Crippen molar-refractivity contribution in [2.24, 2.45) is 10.7 Å². The number of pyridine rings is 1. The molecule has 1 aliphatic rings. The van der Waals surface area contributed by atoms with Gasteiger partial charge in [0.25, 0.3) is 5.91 Å². The van der Waals surface area contributed by atoms with Crippen LogP contribution in [-0.4, -0.2) is 29.9 Å². The number of amidine groups is 1. The van der Waals surface area contributed by atoms with Gasteiger partial charge in [0.2, 0.25) is 0 Å². The van der Waals surface area contributed by atoms with Crippen molar-refractivity contribution in [1.29, 1.82) is 0 Å². The van der Waals surface area contributed by atoms with Gasteiger partial charge in [-0.3, -0.25) is 9.79 Å². The van der Waals surface area contributed by atoms with E-state index in [0.717, 1.165) is 10.0 Å². The molecule has 132 valence electrons. The predicted molar refractivity (Wildman–Crippen MR) is 103 cm³/mol. The molecule has 0 saturated heterocycles. The monoisotopic (exact) mass is 424 g/mol. The zero-order valence-electron chi connectivity index (χ0n) is 13.5. The number of aliphatic imine (C=N–C) groups is 1. The van der Waals surface area contributed by atoms with Crippen LogP contribution in [0.25, 0.3) is 0 Å². The van der Waals surface area contributed by atoms with E-state index in [0.29, 0.717) is 30.4 Å². The van der Waals surface area contributed by atoms with Crippen molar-refractivity contribution in [3.63, 3.8) is 0 Å². The molecule has 0 aliphatic carbocycles. The first kappa shape index (κ1) is 19.4. The highest BCUT2D eigenvalue weighted by molar-refractivity contribution is 9.10. The average molecular weight is 426 g/mol. The molecule has 1 aliphatic heterocycles. The number of anilines is 1. The number of hydrogen-bond donors (Lipinski definition) is 2. The lowest BCUT2D eigenvalue weighted by molar-refractivity contribution is 0.102. The number of carbonyl (C=O) groups excluding carboxylic acids is 1. The van der Waals surface area contributed by atoms with E-state index >= 15 is 0 Å². The van der Waals surface area contributed by atoms with Crippen LogP contribution in [0.15, 0.2) is 52.1 Å². The molecule has 0 saturated carbocycles. The minimum atomic E-state index is -0.557. The van der Waals surface area contributed by atoms with Gasteiger partial charge in [0.1, 0.15) is 23.7 Å². The van der Waals surface area contributed by atoms with Gasteiger partial charge >= 0.3 is 0 Å². The second-order valence-electron chi connectivity index (χ2n) is 5.77. The molecule has 0 radical (unpaired) electrons. The molecule has 1 amide bonds. The highest BCUT2D eigenvalue weighted by atomic mass is 79.9. The maximum Gasteiger partial charge on any atom is 0.274 e. The number of rotatable bonds is 3. The fraction of sp³-hybridized carbons (Fsp3) is 0.235. The lowest BCUT2D eigenvalue weighted by Crippen LogP contribution is -2.37. The molecule has 3 rings (SSSR count). The molecule has 2 heterocycles. The fourth-order valence-electron chi connectivity index (χ4n) is 2.52. The van der Waals surface area contributed by atoms with Gasteiger partial charge in [0, 0.05) is 16.4 Å². The summed E-state index contributed by atoms with van der Waals surface area (Å²) in [5.74, 6) is 0.199. The molecule has 25 heavy (non-hydrogen) atoms. The van der Waals surface area contributed by atoms with Crippen LogP contribution in [0.4, 0.5) is 5.69 Å². The predicted octanol–water partition coefficient (Wildman–Crippen LogP) is 3.12. The van der Waals surface area contributed by atoms with E-state index < -0.39 is 5.54 Å². The lowest BCUT2D eigenvalue weighted by atomic mass is 9.92. The van der Waals surface area contributed by atoms with Crippen molar-refractivity contribution >= 4 is 45.8 Å². The smallest absolute Gasteiger partial charge is 0.274 e. The highest BCUT2D eigenvalue weighted by Gasteiger charge is 2.30. The summed E-state index contributed by atoms with van der Waals surface area (Å²) in [4.78, 5) is 20.9. The molecule has 0 spiro atoms. The number of amides is 1. The van der Waals surface area contributed by atoms with Crippen LogP contribution in [0.1, 0.15) is 23.0 Å². The Balaban J connectivity index is 0.00000225. The van der Waals surface area contributed by atoms with Crippen LogP contribution in [-0.2, 0) is 10.3 Å². The normalized spacial score (nSPS) is 19.5. The van der Waals surface area contributed by atoms with E-state index in [2.05, 4.69) is 31.2 Å². The molecule has 1 atom stereocenters. The molecular weight excluding hydrogens is 408 g/mol. The van der Waals surface area contributed by atoms with Gasteiger partial charge in [0.15, 0.2) is 0 Å². The fourth-order valence-corrected chi connectivity index (χ4v) is 2.76. The first-order chi connectivity index (χ1) is 11.5. The van der Waals surface area contributed by atoms with Crippen molar-refractivity contribution in [2.75, 3.05) is 18.5 Å². The highest BCUT2D eigenvalue weighted by Crippen LogP contribution is 2.30. The first-order valence-electron chi connectivity index (χ1n) is 7.42. The average Bonchev–Trinajstić information content (AvgIpc) is 2.55. The van der Waals surface area contributed by atoms with Gasteiger partial charge < -0.3 is 15.8 Å². The van der Waals surface area contributed by atoms with Gasteiger partial charge in [-0.2, -0.15) is 0 Å². The van der Waals surface area contributed by atoms with Crippen LogP contribution in [0, 0.1) is 0 Å². The number of aromatic nitrogens is 1. The van der Waals surface area contributed by atoms with E-state index in [1.165, 1.54) is 0 Å². The summed E-state index contributed by atoms with van der Waals surface area (Å²) in [5.41, 5.74) is 7.18. The maximum absolute atomic E-state index is 12.3. The molecule has 3 N–H and O–H groups in total. The second kappa shape index (κ2) is 7.95. The summed E-state index contributed by atoms with van der Waals surface area (Å²) in [5, 5.41) is 2.85. The van der Waals surface area contributed by atoms with Crippen molar-refractivity contribution in [3.05, 3.63) is 58.3 Å². The summed E-state index contributed by atoms with van der Waals surface area (Å²) in [7, 11) is 0. The summed E-state index contributed by atoms with van der Waals surface area (Å²) < 4.78 is 6.32. The Hall–Kier alpha value is -1.96. The third-order valence-electron chi connectivity index (χ3n) is 3.73. The van der Waals surface area contributed by atoms with E-state index in [1.807, 2.05) is 31.2 Å². The van der Waals surface area contributed by atoms with Crippen molar-refractivity contribution < 1.29 is 9.53 Å². The standard InChI is InChI=1S/C17H17BrN4O2.ClH/c1-17(10-24-9-15(19)22-17)11-3-2-4-13(7-11)21-16(23)14-6-5-12(18)8-20-14;/h2-8H,9-10H2,1H3,(H2,19,22)(H,21,23);1H/t17-;/m1./s1. The van der Waals surface area contributed by atoms with Gasteiger partial charge in [-0.05, 0) is 52.7 Å². The minimum absolute atomic E-state index is 0. The number of nitrogens with zero attached hydrogens (tertiary/aromatic N) is 2. The summed E-state index contributed by atoms with van der Waals surface area (Å²) in [6.07, 6.45) is 1.59. The van der Waals surface area contributed by atoms with Crippen molar-refractivity contribution in [3.8, 4) is 0 Å². The topological polar surface area (TPSA) is 89.6 Å². The van der Waals surface area contributed by atoms with Crippen molar-refractivity contribution in [2.45, 2.75) is 12.5 Å². The number of nitrogens with one attached hydrogen (secondary N) is 1. The molecule has 1 aromatic heterocycles. The number of benzene rings is 1. The van der Waals surface area contributed by atoms with Crippen molar-refractivity contribution in [1.82, 2.24) is 4.98 Å². The van der Waals surface area contributed by atoms with E-state index in [1.54, 1.807) is 18.3 Å². The lowest BCUT2D eigenvalue weighted by Gasteiger charge is -2.30. The molecular formula is C17H18BrClN4O2. The van der Waals surface area contributed by atoms with Crippen LogP contribution in [0.5, 0.6) is 0 Å². The maximum atomic E-state index is 12.3. The first-order valence-corrected chi connectivity index (χ1v) is 8.21. The summed E-state index contributed by atoms with van der Waals surface area (Å²) in [6.45, 7) is 2.75. The Bertz CT molecular complexity index is 797. The molecule has 6 nitrogen and oxygen atoms in total. The number of nitrogens with two attached hydrogens (primary N) is 1. The van der Waals surface area contributed by atoms with E-state index in [4.69, 9.17) is 10.5 Å². The number of carbonyl (C=O) groups is 1. The third kappa shape index (κ3) is 4.56. The van der Waals surface area contributed by atoms with E-state index in [-0.39, 0.29) is 18.3 Å². The summed E-state index contributed by atoms with van der Waals surface area (Å²) >= 11 is 3.30.